The number of nitrogens with zero attached hydrogens (tertiary/aromatic N) is 2. The number of amides is 2. The van der Waals surface area contributed by atoms with Crippen molar-refractivity contribution in [1.82, 2.24) is 9.21 Å². The van der Waals surface area contributed by atoms with Crippen LogP contribution in [0.4, 0.5) is 5.69 Å². The van der Waals surface area contributed by atoms with Gasteiger partial charge in [0.2, 0.25) is 15.9 Å². The van der Waals surface area contributed by atoms with Gasteiger partial charge in [-0.3, -0.25) is 9.59 Å². The van der Waals surface area contributed by atoms with Crippen LogP contribution in [0.5, 0.6) is 11.5 Å². The van der Waals surface area contributed by atoms with E-state index in [2.05, 4.69) is 5.32 Å². The van der Waals surface area contributed by atoms with Crippen molar-refractivity contribution in [2.45, 2.75) is 17.7 Å². The van der Waals surface area contributed by atoms with E-state index in [1.807, 2.05) is 0 Å². The zero-order valence-corrected chi connectivity index (χ0v) is 20.0. The Balaban J connectivity index is 1.75. The average Bonchev–Trinajstić information content (AvgIpc) is 2.83. The second-order valence-corrected chi connectivity index (χ2v) is 9.87. The van der Waals surface area contributed by atoms with E-state index in [0.717, 1.165) is 0 Å². The van der Waals surface area contributed by atoms with Crippen molar-refractivity contribution < 1.29 is 27.5 Å². The molecule has 9 nitrogen and oxygen atoms in total. The zero-order chi connectivity index (χ0) is 24.2. The molecule has 0 spiro atoms. The van der Waals surface area contributed by atoms with Gasteiger partial charge in [0.15, 0.2) is 11.5 Å². The molecular weight excluding hydrogens is 446 g/mol. The van der Waals surface area contributed by atoms with Crippen molar-refractivity contribution in [1.29, 1.82) is 0 Å². The SMILES string of the molecule is COc1cc(NC(=O)C2CCN(S(=O)(=O)c3ccccc3)CC2)c(C(=O)N(C)C)cc1OC. The Morgan fingerprint density at radius 1 is 1.00 bits per heavy atom. The number of piperidine rings is 1. The standard InChI is InChI=1S/C23H29N3O6S/c1-25(2)23(28)18-14-20(31-3)21(32-4)15-19(18)24-22(27)16-10-12-26(13-11-16)33(29,30)17-8-6-5-7-9-17/h5-9,14-16H,10-13H2,1-4H3,(H,24,27). The number of rotatable bonds is 7. The van der Waals surface area contributed by atoms with Gasteiger partial charge in [0.05, 0.1) is 30.4 Å². The van der Waals surface area contributed by atoms with Crippen LogP contribution in [-0.2, 0) is 14.8 Å². The fraction of sp³-hybridized carbons (Fsp3) is 0.391. The predicted octanol–water partition coefficient (Wildman–Crippen LogP) is 2.45. The summed E-state index contributed by atoms with van der Waals surface area (Å²) in [5.41, 5.74) is 0.589. The van der Waals surface area contributed by atoms with Crippen molar-refractivity contribution in [2.75, 3.05) is 46.7 Å². The minimum atomic E-state index is -3.59. The summed E-state index contributed by atoms with van der Waals surface area (Å²) in [7, 11) is 2.59. The number of sulfonamides is 1. The molecule has 178 valence electrons. The van der Waals surface area contributed by atoms with Gasteiger partial charge in [-0.2, -0.15) is 4.31 Å². The summed E-state index contributed by atoms with van der Waals surface area (Å²) >= 11 is 0. The summed E-state index contributed by atoms with van der Waals surface area (Å²) in [5.74, 6) is -0.198. The minimum absolute atomic E-state index is 0.241. The summed E-state index contributed by atoms with van der Waals surface area (Å²) in [4.78, 5) is 27.3. The fourth-order valence-electron chi connectivity index (χ4n) is 3.73. The number of hydrogen-bond donors (Lipinski definition) is 1. The maximum atomic E-state index is 13.0. The van der Waals surface area contributed by atoms with E-state index in [0.29, 0.717) is 30.0 Å². The van der Waals surface area contributed by atoms with Crippen molar-refractivity contribution in [3.05, 3.63) is 48.0 Å². The van der Waals surface area contributed by atoms with E-state index >= 15 is 0 Å². The van der Waals surface area contributed by atoms with Gasteiger partial charge in [0.25, 0.3) is 5.91 Å². The number of hydrogen-bond acceptors (Lipinski definition) is 6. The first-order chi connectivity index (χ1) is 15.7. The van der Waals surface area contributed by atoms with E-state index in [-0.39, 0.29) is 41.3 Å². The molecule has 0 unspecified atom stereocenters. The number of methoxy groups -OCH3 is 2. The number of benzene rings is 2. The van der Waals surface area contributed by atoms with E-state index in [1.165, 1.54) is 29.5 Å². The number of ether oxygens (including phenoxy) is 2. The van der Waals surface area contributed by atoms with Crippen LogP contribution in [0.2, 0.25) is 0 Å². The van der Waals surface area contributed by atoms with Gasteiger partial charge in [-0.25, -0.2) is 8.42 Å². The van der Waals surface area contributed by atoms with Crippen LogP contribution in [0.1, 0.15) is 23.2 Å². The summed E-state index contributed by atoms with van der Waals surface area (Å²) in [5, 5.41) is 2.84. The fourth-order valence-corrected chi connectivity index (χ4v) is 5.23. The summed E-state index contributed by atoms with van der Waals surface area (Å²) in [6.45, 7) is 0.482. The highest BCUT2D eigenvalue weighted by Gasteiger charge is 2.32. The molecule has 3 rings (SSSR count). The largest absolute Gasteiger partial charge is 0.493 e. The first-order valence-corrected chi connectivity index (χ1v) is 12.0. The topological polar surface area (TPSA) is 105 Å². The lowest BCUT2D eigenvalue weighted by molar-refractivity contribution is -0.120. The molecule has 1 aliphatic heterocycles. The third-order valence-corrected chi connectivity index (χ3v) is 7.54. The van der Waals surface area contributed by atoms with Crippen LogP contribution in [0.3, 0.4) is 0 Å². The molecule has 1 heterocycles. The Morgan fingerprint density at radius 3 is 2.12 bits per heavy atom. The summed E-state index contributed by atoms with van der Waals surface area (Å²) < 4.78 is 37.7. The second-order valence-electron chi connectivity index (χ2n) is 7.93. The van der Waals surface area contributed by atoms with Crippen molar-refractivity contribution >= 4 is 27.5 Å². The summed E-state index contributed by atoms with van der Waals surface area (Å²) in [6.07, 6.45) is 0.754. The van der Waals surface area contributed by atoms with E-state index in [1.54, 1.807) is 50.5 Å². The predicted molar refractivity (Wildman–Crippen MR) is 124 cm³/mol. The van der Waals surface area contributed by atoms with Crippen molar-refractivity contribution in [3.63, 3.8) is 0 Å². The van der Waals surface area contributed by atoms with E-state index in [9.17, 15) is 18.0 Å². The molecule has 1 saturated heterocycles. The van der Waals surface area contributed by atoms with Crippen LogP contribution >= 0.6 is 0 Å². The second kappa shape index (κ2) is 10.2. The Bertz CT molecular complexity index is 1110. The van der Waals surface area contributed by atoms with Gasteiger partial charge in [0.1, 0.15) is 0 Å². The molecule has 1 N–H and O–H groups in total. The molecule has 0 aliphatic carbocycles. The molecule has 0 atom stereocenters. The smallest absolute Gasteiger partial charge is 0.255 e. The van der Waals surface area contributed by atoms with Crippen LogP contribution in [-0.4, -0.2) is 70.8 Å². The average molecular weight is 476 g/mol. The van der Waals surface area contributed by atoms with Crippen LogP contribution in [0.15, 0.2) is 47.4 Å². The Hall–Kier alpha value is -3.11. The molecule has 0 radical (unpaired) electrons. The van der Waals surface area contributed by atoms with Crippen LogP contribution in [0, 0.1) is 5.92 Å². The van der Waals surface area contributed by atoms with Crippen molar-refractivity contribution in [2.24, 2.45) is 5.92 Å². The van der Waals surface area contributed by atoms with Crippen LogP contribution < -0.4 is 14.8 Å². The molecule has 33 heavy (non-hydrogen) atoms. The van der Waals surface area contributed by atoms with Gasteiger partial charge >= 0.3 is 0 Å². The van der Waals surface area contributed by atoms with E-state index in [4.69, 9.17) is 9.47 Å². The zero-order valence-electron chi connectivity index (χ0n) is 19.2. The number of carbonyl (C=O) groups excluding carboxylic acids is 2. The maximum absolute atomic E-state index is 13.0. The van der Waals surface area contributed by atoms with E-state index < -0.39 is 10.0 Å². The molecule has 0 aromatic heterocycles. The molecule has 10 heteroatoms. The Kier molecular flexibility index (Phi) is 7.60. The molecule has 2 amide bonds. The number of anilines is 1. The highest BCUT2D eigenvalue weighted by molar-refractivity contribution is 7.89. The monoisotopic (exact) mass is 475 g/mol. The Morgan fingerprint density at radius 2 is 1.58 bits per heavy atom. The first kappa shape index (κ1) is 24.5. The molecule has 0 saturated carbocycles. The molecule has 2 aromatic carbocycles. The lowest BCUT2D eigenvalue weighted by Crippen LogP contribution is -2.41. The van der Waals surface area contributed by atoms with Gasteiger partial charge in [-0.1, -0.05) is 18.2 Å². The lowest BCUT2D eigenvalue weighted by atomic mass is 9.97. The summed E-state index contributed by atoms with van der Waals surface area (Å²) in [6, 6.07) is 11.3. The van der Waals surface area contributed by atoms with Gasteiger partial charge < -0.3 is 19.7 Å². The number of carbonyl (C=O) groups is 2. The molecular formula is C23H29N3O6S. The third-order valence-electron chi connectivity index (χ3n) is 5.62. The quantitative estimate of drug-likeness (QED) is 0.660. The Labute approximate surface area is 194 Å². The van der Waals surface area contributed by atoms with Crippen LogP contribution in [0.25, 0.3) is 0 Å². The van der Waals surface area contributed by atoms with Gasteiger partial charge in [-0.05, 0) is 31.0 Å². The highest BCUT2D eigenvalue weighted by atomic mass is 32.2. The van der Waals surface area contributed by atoms with Gasteiger partial charge in [0, 0.05) is 39.2 Å². The highest BCUT2D eigenvalue weighted by Crippen LogP contribution is 2.34. The molecule has 1 fully saturated rings. The first-order valence-electron chi connectivity index (χ1n) is 10.5. The van der Waals surface area contributed by atoms with Crippen molar-refractivity contribution in [3.8, 4) is 11.5 Å². The number of nitrogens with one attached hydrogen (secondary N) is 1. The molecule has 0 bridgehead atoms. The minimum Gasteiger partial charge on any atom is -0.493 e. The molecule has 2 aromatic rings. The lowest BCUT2D eigenvalue weighted by Gasteiger charge is -2.30. The normalized spacial score (nSPS) is 15.0. The van der Waals surface area contributed by atoms with Gasteiger partial charge in [-0.15, -0.1) is 0 Å². The maximum Gasteiger partial charge on any atom is 0.255 e. The third kappa shape index (κ3) is 5.28. The molecule has 1 aliphatic rings.